The second kappa shape index (κ2) is 6.55. The first-order valence-corrected chi connectivity index (χ1v) is 7.53. The van der Waals surface area contributed by atoms with Crippen LogP contribution in [0.3, 0.4) is 0 Å². The Kier molecular flexibility index (Phi) is 5.04. The molecular formula is C15H26O3. The molecule has 0 aromatic rings. The number of aliphatic carboxylic acids is 1. The molecule has 1 N–H and O–H groups in total. The lowest BCUT2D eigenvalue weighted by atomic mass is 9.66. The van der Waals surface area contributed by atoms with Gasteiger partial charge >= 0.3 is 5.97 Å². The highest BCUT2D eigenvalue weighted by Crippen LogP contribution is 2.42. The summed E-state index contributed by atoms with van der Waals surface area (Å²) in [7, 11) is 0. The summed E-state index contributed by atoms with van der Waals surface area (Å²) in [4.78, 5) is 11.4. The summed E-state index contributed by atoms with van der Waals surface area (Å²) in [6, 6.07) is 0. The van der Waals surface area contributed by atoms with Crippen molar-refractivity contribution in [3.05, 3.63) is 0 Å². The van der Waals surface area contributed by atoms with Crippen LogP contribution in [0.5, 0.6) is 0 Å². The van der Waals surface area contributed by atoms with Gasteiger partial charge < -0.3 is 9.84 Å². The third-order valence-corrected chi connectivity index (χ3v) is 4.82. The van der Waals surface area contributed by atoms with Crippen molar-refractivity contribution in [2.24, 2.45) is 23.7 Å². The van der Waals surface area contributed by atoms with Crippen LogP contribution in [0, 0.1) is 23.7 Å². The molecule has 1 saturated heterocycles. The van der Waals surface area contributed by atoms with E-state index in [1.807, 2.05) is 0 Å². The minimum Gasteiger partial charge on any atom is -0.481 e. The zero-order valence-electron chi connectivity index (χ0n) is 11.4. The summed E-state index contributed by atoms with van der Waals surface area (Å²) in [6.07, 6.45) is 7.83. The topological polar surface area (TPSA) is 46.5 Å². The molecule has 2 aliphatic rings. The van der Waals surface area contributed by atoms with E-state index < -0.39 is 5.97 Å². The molecule has 0 aromatic heterocycles. The molecule has 0 radical (unpaired) electrons. The quantitative estimate of drug-likeness (QED) is 0.837. The molecule has 0 amide bonds. The fourth-order valence-electron chi connectivity index (χ4n) is 3.90. The summed E-state index contributed by atoms with van der Waals surface area (Å²) in [5.41, 5.74) is 0. The van der Waals surface area contributed by atoms with Crippen LogP contribution in [-0.2, 0) is 9.53 Å². The molecule has 1 saturated carbocycles. The van der Waals surface area contributed by atoms with Gasteiger partial charge in [-0.05, 0) is 49.9 Å². The van der Waals surface area contributed by atoms with E-state index in [0.717, 1.165) is 51.2 Å². The number of rotatable bonds is 4. The molecule has 1 heterocycles. The van der Waals surface area contributed by atoms with Crippen molar-refractivity contribution in [1.82, 2.24) is 0 Å². The van der Waals surface area contributed by atoms with E-state index in [1.54, 1.807) is 0 Å². The van der Waals surface area contributed by atoms with Crippen LogP contribution in [0.1, 0.15) is 51.9 Å². The monoisotopic (exact) mass is 254 g/mol. The Morgan fingerprint density at radius 1 is 1.33 bits per heavy atom. The van der Waals surface area contributed by atoms with E-state index in [0.29, 0.717) is 11.8 Å². The van der Waals surface area contributed by atoms with E-state index in [1.165, 1.54) is 12.8 Å². The molecule has 3 heteroatoms. The van der Waals surface area contributed by atoms with Crippen molar-refractivity contribution in [2.75, 3.05) is 13.2 Å². The molecule has 1 aliphatic carbocycles. The molecule has 0 bridgehead atoms. The van der Waals surface area contributed by atoms with E-state index >= 15 is 0 Å². The maximum Gasteiger partial charge on any atom is 0.306 e. The van der Waals surface area contributed by atoms with Crippen LogP contribution in [0.15, 0.2) is 0 Å². The molecule has 0 spiro atoms. The standard InChI is InChI=1S/C15H26O3/c1-2-4-11-6-7-13(15(16)17)14(9-11)12-5-3-8-18-10-12/h11-14H,2-10H2,1H3,(H,16,17). The first-order valence-electron chi connectivity index (χ1n) is 7.53. The van der Waals surface area contributed by atoms with Gasteiger partial charge in [0.05, 0.1) is 5.92 Å². The molecule has 4 unspecified atom stereocenters. The molecule has 104 valence electrons. The van der Waals surface area contributed by atoms with Gasteiger partial charge in [-0.2, -0.15) is 0 Å². The third-order valence-electron chi connectivity index (χ3n) is 4.82. The van der Waals surface area contributed by atoms with E-state index in [4.69, 9.17) is 4.74 Å². The Bertz CT molecular complexity index is 271. The Hall–Kier alpha value is -0.570. The first-order chi connectivity index (χ1) is 8.72. The van der Waals surface area contributed by atoms with Crippen molar-refractivity contribution in [3.63, 3.8) is 0 Å². The summed E-state index contributed by atoms with van der Waals surface area (Å²) >= 11 is 0. The fraction of sp³-hybridized carbons (Fsp3) is 0.933. The van der Waals surface area contributed by atoms with Gasteiger partial charge in [0, 0.05) is 13.2 Å². The molecule has 2 rings (SSSR count). The smallest absolute Gasteiger partial charge is 0.306 e. The van der Waals surface area contributed by atoms with Crippen LogP contribution in [0.25, 0.3) is 0 Å². The van der Waals surface area contributed by atoms with Crippen LogP contribution >= 0.6 is 0 Å². The molecule has 3 nitrogen and oxygen atoms in total. The summed E-state index contributed by atoms with van der Waals surface area (Å²) in [5, 5.41) is 9.41. The van der Waals surface area contributed by atoms with Gasteiger partial charge in [0.1, 0.15) is 0 Å². The molecule has 18 heavy (non-hydrogen) atoms. The van der Waals surface area contributed by atoms with Crippen LogP contribution in [0.4, 0.5) is 0 Å². The predicted octanol–water partition coefficient (Wildman–Crippen LogP) is 3.33. The SMILES string of the molecule is CCCC1CCC(C(=O)O)C(C2CCCOC2)C1. The van der Waals surface area contributed by atoms with Gasteiger partial charge in [-0.1, -0.05) is 19.8 Å². The highest BCUT2D eigenvalue weighted by molar-refractivity contribution is 5.70. The summed E-state index contributed by atoms with van der Waals surface area (Å²) in [6.45, 7) is 3.87. The third kappa shape index (κ3) is 3.25. The highest BCUT2D eigenvalue weighted by atomic mass is 16.5. The zero-order valence-corrected chi connectivity index (χ0v) is 11.4. The minimum atomic E-state index is -0.583. The van der Waals surface area contributed by atoms with Crippen molar-refractivity contribution in [1.29, 1.82) is 0 Å². The predicted molar refractivity (Wildman–Crippen MR) is 70.4 cm³/mol. The van der Waals surface area contributed by atoms with E-state index in [-0.39, 0.29) is 5.92 Å². The second-order valence-electron chi connectivity index (χ2n) is 6.05. The lowest BCUT2D eigenvalue weighted by Gasteiger charge is -2.40. The number of carboxylic acid groups (broad SMARTS) is 1. The minimum absolute atomic E-state index is 0.121. The van der Waals surface area contributed by atoms with Crippen LogP contribution in [-0.4, -0.2) is 24.3 Å². The Morgan fingerprint density at radius 3 is 2.78 bits per heavy atom. The second-order valence-corrected chi connectivity index (χ2v) is 6.05. The molecule has 4 atom stereocenters. The number of hydrogen-bond acceptors (Lipinski definition) is 2. The lowest BCUT2D eigenvalue weighted by Crippen LogP contribution is -2.38. The first kappa shape index (κ1) is 13.9. The number of carboxylic acids is 1. The maximum atomic E-state index is 11.4. The number of hydrogen-bond donors (Lipinski definition) is 1. The van der Waals surface area contributed by atoms with Gasteiger partial charge in [0.2, 0.25) is 0 Å². The highest BCUT2D eigenvalue weighted by Gasteiger charge is 2.39. The lowest BCUT2D eigenvalue weighted by molar-refractivity contribution is -0.147. The Balaban J connectivity index is 2.01. The molecule has 0 aromatic carbocycles. The zero-order chi connectivity index (χ0) is 13.0. The van der Waals surface area contributed by atoms with Crippen LogP contribution < -0.4 is 0 Å². The van der Waals surface area contributed by atoms with Crippen molar-refractivity contribution >= 4 is 5.97 Å². The number of carbonyl (C=O) groups is 1. The van der Waals surface area contributed by atoms with Gasteiger partial charge in [-0.3, -0.25) is 4.79 Å². The van der Waals surface area contributed by atoms with Crippen molar-refractivity contribution in [2.45, 2.75) is 51.9 Å². The molecule has 2 fully saturated rings. The largest absolute Gasteiger partial charge is 0.481 e. The Labute approximate surface area is 110 Å². The van der Waals surface area contributed by atoms with Gasteiger partial charge in [0.15, 0.2) is 0 Å². The average molecular weight is 254 g/mol. The van der Waals surface area contributed by atoms with Gasteiger partial charge in [-0.15, -0.1) is 0 Å². The summed E-state index contributed by atoms with van der Waals surface area (Å²) < 4.78 is 5.57. The Morgan fingerprint density at radius 2 is 2.17 bits per heavy atom. The van der Waals surface area contributed by atoms with Crippen LogP contribution in [0.2, 0.25) is 0 Å². The van der Waals surface area contributed by atoms with Gasteiger partial charge in [-0.25, -0.2) is 0 Å². The summed E-state index contributed by atoms with van der Waals surface area (Å²) in [5.74, 6) is 0.885. The van der Waals surface area contributed by atoms with Gasteiger partial charge in [0.25, 0.3) is 0 Å². The normalized spacial score (nSPS) is 37.4. The molecular weight excluding hydrogens is 228 g/mol. The van der Waals surface area contributed by atoms with Crippen molar-refractivity contribution < 1.29 is 14.6 Å². The fourth-order valence-corrected chi connectivity index (χ4v) is 3.90. The average Bonchev–Trinajstić information content (AvgIpc) is 2.40. The van der Waals surface area contributed by atoms with Crippen molar-refractivity contribution in [3.8, 4) is 0 Å². The van der Waals surface area contributed by atoms with E-state index in [9.17, 15) is 9.90 Å². The maximum absolute atomic E-state index is 11.4. The molecule has 1 aliphatic heterocycles. The number of ether oxygens (including phenoxy) is 1. The van der Waals surface area contributed by atoms with E-state index in [2.05, 4.69) is 6.92 Å².